The summed E-state index contributed by atoms with van der Waals surface area (Å²) < 4.78 is 0. The van der Waals surface area contributed by atoms with Crippen molar-refractivity contribution < 1.29 is 0 Å². The molecule has 1 radical (unpaired) electrons. The Hall–Kier alpha value is -1.04. The van der Waals surface area contributed by atoms with Gasteiger partial charge in [0.05, 0.1) is 0 Å². The van der Waals surface area contributed by atoms with Crippen LogP contribution in [0.15, 0.2) is 18.2 Å². The normalized spacial score (nSPS) is 19.9. The van der Waals surface area contributed by atoms with Crippen molar-refractivity contribution in [2.24, 2.45) is 5.41 Å². The summed E-state index contributed by atoms with van der Waals surface area (Å²) in [6, 6.07) is 4.64. The van der Waals surface area contributed by atoms with Gasteiger partial charge >= 0.3 is 0 Å². The molecule has 0 aromatic heterocycles. The van der Waals surface area contributed by atoms with Crippen molar-refractivity contribution in [1.82, 2.24) is 0 Å². The van der Waals surface area contributed by atoms with Crippen LogP contribution >= 0.6 is 0 Å². The smallest absolute Gasteiger partial charge is 0.0131 e. The van der Waals surface area contributed by atoms with Crippen molar-refractivity contribution >= 4 is 6.08 Å². The molecule has 83 valence electrons. The van der Waals surface area contributed by atoms with Crippen LogP contribution in [-0.4, -0.2) is 0 Å². The minimum Gasteiger partial charge on any atom is -0.0754 e. The molecule has 0 heterocycles. The van der Waals surface area contributed by atoms with Crippen LogP contribution in [0.4, 0.5) is 0 Å². The van der Waals surface area contributed by atoms with Crippen molar-refractivity contribution in [3.8, 4) is 0 Å². The van der Waals surface area contributed by atoms with E-state index in [4.69, 9.17) is 0 Å². The van der Waals surface area contributed by atoms with Crippen LogP contribution in [0.25, 0.3) is 6.08 Å². The molecular formula is C16H19. The van der Waals surface area contributed by atoms with E-state index >= 15 is 0 Å². The minimum absolute atomic E-state index is 0.549. The standard InChI is InChI=1S/C16H19/c1-3-16(4-2)10-13-9-8-12-6-5-7-14(12)15(13)11-16/h5-9H,3-4,10-11H2,1-2H3. The lowest BCUT2D eigenvalue weighted by Gasteiger charge is -2.25. The molecule has 0 saturated heterocycles. The second kappa shape index (κ2) is 3.48. The van der Waals surface area contributed by atoms with E-state index in [1.54, 1.807) is 11.1 Å². The van der Waals surface area contributed by atoms with Crippen molar-refractivity contribution in [2.75, 3.05) is 0 Å². The summed E-state index contributed by atoms with van der Waals surface area (Å²) in [5.41, 5.74) is 6.70. The molecule has 0 heteroatoms. The molecule has 2 aliphatic rings. The monoisotopic (exact) mass is 211 g/mol. The van der Waals surface area contributed by atoms with Gasteiger partial charge in [-0.2, -0.15) is 0 Å². The van der Waals surface area contributed by atoms with Crippen molar-refractivity contribution in [3.05, 3.63) is 46.9 Å². The van der Waals surface area contributed by atoms with Crippen LogP contribution in [0.5, 0.6) is 0 Å². The van der Waals surface area contributed by atoms with E-state index < -0.39 is 0 Å². The molecule has 0 atom stereocenters. The third kappa shape index (κ3) is 1.29. The summed E-state index contributed by atoms with van der Waals surface area (Å²) in [6.07, 6.45) is 11.9. The Kier molecular flexibility index (Phi) is 2.20. The molecule has 0 spiro atoms. The predicted octanol–water partition coefficient (Wildman–Crippen LogP) is 4.17. The van der Waals surface area contributed by atoms with Crippen LogP contribution in [-0.2, 0) is 12.8 Å². The van der Waals surface area contributed by atoms with Gasteiger partial charge in [-0.15, -0.1) is 0 Å². The molecule has 0 unspecified atom stereocenters. The number of hydrogen-bond donors (Lipinski definition) is 0. The van der Waals surface area contributed by atoms with Crippen LogP contribution in [0, 0.1) is 11.8 Å². The molecule has 1 aromatic rings. The van der Waals surface area contributed by atoms with Gasteiger partial charge in [0.2, 0.25) is 0 Å². The Bertz CT molecular complexity index is 447. The summed E-state index contributed by atoms with van der Waals surface area (Å²) in [5, 5.41) is 0. The van der Waals surface area contributed by atoms with Gasteiger partial charge in [0, 0.05) is 6.42 Å². The molecule has 16 heavy (non-hydrogen) atoms. The van der Waals surface area contributed by atoms with Crippen LogP contribution < -0.4 is 0 Å². The molecule has 0 amide bonds. The Morgan fingerprint density at radius 1 is 1.12 bits per heavy atom. The number of rotatable bonds is 2. The maximum atomic E-state index is 2.35. The topological polar surface area (TPSA) is 0 Å². The van der Waals surface area contributed by atoms with Gasteiger partial charge in [0.1, 0.15) is 0 Å². The van der Waals surface area contributed by atoms with Gasteiger partial charge in [-0.3, -0.25) is 0 Å². The Labute approximate surface area is 98.4 Å². The summed E-state index contributed by atoms with van der Waals surface area (Å²) in [5.74, 6) is 0. The van der Waals surface area contributed by atoms with E-state index in [0.717, 1.165) is 0 Å². The zero-order valence-electron chi connectivity index (χ0n) is 10.2. The van der Waals surface area contributed by atoms with Crippen LogP contribution in [0.1, 0.15) is 48.9 Å². The van der Waals surface area contributed by atoms with E-state index in [-0.39, 0.29) is 0 Å². The van der Waals surface area contributed by atoms with E-state index in [9.17, 15) is 0 Å². The molecule has 1 aromatic carbocycles. The lowest BCUT2D eigenvalue weighted by Crippen LogP contribution is -2.18. The first-order valence-corrected chi connectivity index (χ1v) is 6.44. The third-order valence-electron chi connectivity index (χ3n) is 4.64. The van der Waals surface area contributed by atoms with Crippen LogP contribution in [0.2, 0.25) is 0 Å². The molecule has 3 rings (SSSR count). The number of allylic oxidation sites excluding steroid dienone is 1. The minimum atomic E-state index is 0.549. The number of hydrogen-bond acceptors (Lipinski definition) is 0. The summed E-state index contributed by atoms with van der Waals surface area (Å²) in [4.78, 5) is 0. The molecule has 0 fully saturated rings. The number of fused-ring (bicyclic) bond motifs is 3. The highest BCUT2D eigenvalue weighted by molar-refractivity contribution is 5.70. The molecule has 0 nitrogen and oxygen atoms in total. The van der Waals surface area contributed by atoms with E-state index in [1.807, 2.05) is 0 Å². The highest BCUT2D eigenvalue weighted by Crippen LogP contribution is 2.45. The maximum Gasteiger partial charge on any atom is 0.0131 e. The van der Waals surface area contributed by atoms with Gasteiger partial charge in [-0.25, -0.2) is 0 Å². The van der Waals surface area contributed by atoms with Crippen LogP contribution in [0.3, 0.4) is 0 Å². The molecule has 0 bridgehead atoms. The van der Waals surface area contributed by atoms with E-state index in [0.29, 0.717) is 5.41 Å². The first-order valence-electron chi connectivity index (χ1n) is 6.44. The Morgan fingerprint density at radius 3 is 2.69 bits per heavy atom. The third-order valence-corrected chi connectivity index (χ3v) is 4.64. The van der Waals surface area contributed by atoms with Gasteiger partial charge in [0.15, 0.2) is 0 Å². The highest BCUT2D eigenvalue weighted by atomic mass is 14.4. The summed E-state index contributed by atoms with van der Waals surface area (Å²) >= 11 is 0. The van der Waals surface area contributed by atoms with Gasteiger partial charge in [-0.1, -0.05) is 38.1 Å². The largest absolute Gasteiger partial charge is 0.0754 e. The zero-order chi connectivity index (χ0) is 11.2. The molecular weight excluding hydrogens is 192 g/mol. The number of benzene rings is 1. The van der Waals surface area contributed by atoms with Gasteiger partial charge in [-0.05, 0) is 53.4 Å². The van der Waals surface area contributed by atoms with E-state index in [1.165, 1.54) is 36.8 Å². The predicted molar refractivity (Wildman–Crippen MR) is 69.3 cm³/mol. The fourth-order valence-electron chi connectivity index (χ4n) is 3.28. The van der Waals surface area contributed by atoms with Gasteiger partial charge in [0.25, 0.3) is 0 Å². The zero-order valence-corrected chi connectivity index (χ0v) is 10.2. The second-order valence-corrected chi connectivity index (χ2v) is 5.29. The van der Waals surface area contributed by atoms with Crippen molar-refractivity contribution in [3.63, 3.8) is 0 Å². The molecule has 0 N–H and O–H groups in total. The Morgan fingerprint density at radius 2 is 1.94 bits per heavy atom. The average molecular weight is 211 g/mol. The molecule has 2 aliphatic carbocycles. The molecule has 0 saturated carbocycles. The first kappa shape index (κ1) is 10.1. The van der Waals surface area contributed by atoms with Crippen molar-refractivity contribution in [2.45, 2.75) is 39.5 Å². The SMILES string of the molecule is CCC1(CC)Cc2ccc3c(c2C1)C=C[CH]3. The molecule has 0 aliphatic heterocycles. The fourth-order valence-corrected chi connectivity index (χ4v) is 3.28. The Balaban J connectivity index is 2.07. The first-order chi connectivity index (χ1) is 7.78. The lowest BCUT2D eigenvalue weighted by atomic mass is 9.79. The maximum absolute atomic E-state index is 2.35. The van der Waals surface area contributed by atoms with Crippen molar-refractivity contribution in [1.29, 1.82) is 0 Å². The van der Waals surface area contributed by atoms with E-state index in [2.05, 4.69) is 44.6 Å². The lowest BCUT2D eigenvalue weighted by molar-refractivity contribution is 0.280. The fraction of sp³-hybridized carbons (Fsp3) is 0.438. The highest BCUT2D eigenvalue weighted by Gasteiger charge is 2.35. The summed E-state index contributed by atoms with van der Waals surface area (Å²) in [6.45, 7) is 4.69. The second-order valence-electron chi connectivity index (χ2n) is 5.29. The average Bonchev–Trinajstić information content (AvgIpc) is 2.92. The summed E-state index contributed by atoms with van der Waals surface area (Å²) in [7, 11) is 0. The van der Waals surface area contributed by atoms with Gasteiger partial charge < -0.3 is 0 Å². The quantitative estimate of drug-likeness (QED) is 0.688.